The lowest BCUT2D eigenvalue weighted by molar-refractivity contribution is 0.0280. The number of alkyl carbamates (subject to hydrolysis) is 2. The van der Waals surface area contributed by atoms with E-state index in [-0.39, 0.29) is 0 Å². The Morgan fingerprint density at radius 2 is 1.50 bits per heavy atom. The highest BCUT2D eigenvalue weighted by Gasteiger charge is 2.26. The zero-order valence-electron chi connectivity index (χ0n) is 13.5. The Kier molecular flexibility index (Phi) is 6.00. The smallest absolute Gasteiger partial charge is 0.417 e. The molecule has 0 aliphatic carbocycles. The lowest BCUT2D eigenvalue weighted by Gasteiger charge is -2.25. The lowest BCUT2D eigenvalue weighted by Crippen LogP contribution is -2.41. The Bertz CT molecular complexity index is 532. The van der Waals surface area contributed by atoms with E-state index in [1.54, 1.807) is 34.6 Å². The van der Waals surface area contributed by atoms with Gasteiger partial charge in [-0.2, -0.15) is 0 Å². The van der Waals surface area contributed by atoms with Crippen LogP contribution in [0.25, 0.3) is 0 Å². The normalized spacial score (nSPS) is 11.7. The number of carbonyl (C=O) groups is 2. The Labute approximate surface area is 139 Å². The summed E-state index contributed by atoms with van der Waals surface area (Å²) < 4.78 is 11.3. The molecular formula is C16H22BrNO4. The molecule has 1 rings (SSSR count). The van der Waals surface area contributed by atoms with Crippen LogP contribution in [0.15, 0.2) is 28.7 Å². The molecule has 22 heavy (non-hydrogen) atoms. The van der Waals surface area contributed by atoms with E-state index in [1.165, 1.54) is 0 Å². The number of hydrogen-bond acceptors (Lipinski definition) is 4. The quantitative estimate of drug-likeness (QED) is 0.853. The van der Waals surface area contributed by atoms with Crippen molar-refractivity contribution in [2.75, 3.05) is 0 Å². The van der Waals surface area contributed by atoms with Crippen molar-refractivity contribution in [1.82, 2.24) is 5.32 Å². The van der Waals surface area contributed by atoms with Gasteiger partial charge < -0.3 is 9.47 Å². The van der Waals surface area contributed by atoms with Crippen LogP contribution in [0.4, 0.5) is 9.59 Å². The number of amides is 2. The molecule has 0 spiro atoms. The molecule has 1 aromatic carbocycles. The molecule has 1 aromatic rings. The fraction of sp³-hybridized carbons (Fsp3) is 0.500. The van der Waals surface area contributed by atoms with Gasteiger partial charge in [0.05, 0.1) is 0 Å². The third kappa shape index (κ3) is 7.45. The van der Waals surface area contributed by atoms with Crippen molar-refractivity contribution in [2.24, 2.45) is 0 Å². The monoisotopic (exact) mass is 371 g/mol. The first-order valence-electron chi connectivity index (χ1n) is 6.94. The first-order valence-corrected chi connectivity index (χ1v) is 7.74. The van der Waals surface area contributed by atoms with E-state index in [0.29, 0.717) is 6.42 Å². The van der Waals surface area contributed by atoms with Gasteiger partial charge in [0.25, 0.3) is 0 Å². The second kappa shape index (κ2) is 7.13. The van der Waals surface area contributed by atoms with E-state index in [2.05, 4.69) is 21.2 Å². The van der Waals surface area contributed by atoms with Crippen LogP contribution < -0.4 is 5.32 Å². The number of benzene rings is 1. The molecule has 2 amide bonds. The summed E-state index contributed by atoms with van der Waals surface area (Å²) in [6.45, 7) is 8.72. The number of carbonyl (C=O) groups excluding carboxylic acids is 2. The van der Waals surface area contributed by atoms with Gasteiger partial charge in [-0.1, -0.05) is 28.1 Å². The minimum absolute atomic E-state index is 0.530. The van der Waals surface area contributed by atoms with E-state index in [0.717, 1.165) is 10.0 Å². The van der Waals surface area contributed by atoms with E-state index >= 15 is 0 Å². The van der Waals surface area contributed by atoms with E-state index in [1.807, 2.05) is 24.3 Å². The van der Waals surface area contributed by atoms with E-state index < -0.39 is 23.4 Å². The van der Waals surface area contributed by atoms with Crippen molar-refractivity contribution in [3.05, 3.63) is 34.3 Å². The van der Waals surface area contributed by atoms with Gasteiger partial charge in [-0.3, -0.25) is 0 Å². The predicted molar refractivity (Wildman–Crippen MR) is 87.8 cm³/mol. The van der Waals surface area contributed by atoms with Crippen molar-refractivity contribution >= 4 is 28.1 Å². The van der Waals surface area contributed by atoms with Gasteiger partial charge in [0.2, 0.25) is 0 Å². The Morgan fingerprint density at radius 3 is 2.00 bits per heavy atom. The summed E-state index contributed by atoms with van der Waals surface area (Å²) in [6.07, 6.45) is -1.12. The molecule has 0 unspecified atom stereocenters. The first kappa shape index (κ1) is 18.5. The van der Waals surface area contributed by atoms with Crippen LogP contribution >= 0.6 is 15.9 Å². The number of rotatable bonds is 3. The molecule has 5 nitrogen and oxygen atoms in total. The average molecular weight is 372 g/mol. The van der Waals surface area contributed by atoms with Crippen LogP contribution in [0.5, 0.6) is 0 Å². The van der Waals surface area contributed by atoms with Gasteiger partial charge in [0.15, 0.2) is 0 Å². The van der Waals surface area contributed by atoms with Crippen LogP contribution in [0.2, 0.25) is 0 Å². The van der Waals surface area contributed by atoms with Crippen molar-refractivity contribution in [3.63, 3.8) is 0 Å². The highest BCUT2D eigenvalue weighted by molar-refractivity contribution is 9.10. The molecule has 0 atom stereocenters. The largest absolute Gasteiger partial charge is 0.443 e. The highest BCUT2D eigenvalue weighted by Crippen LogP contribution is 2.19. The average Bonchev–Trinajstić information content (AvgIpc) is 2.27. The van der Waals surface area contributed by atoms with Crippen molar-refractivity contribution in [2.45, 2.75) is 52.2 Å². The molecule has 6 heteroatoms. The number of nitrogens with one attached hydrogen (secondary N) is 1. The Morgan fingerprint density at radius 1 is 1.00 bits per heavy atom. The Balaban J connectivity index is 2.54. The Hall–Kier alpha value is -1.56. The summed E-state index contributed by atoms with van der Waals surface area (Å²) >= 11 is 3.37. The fourth-order valence-electron chi connectivity index (χ4n) is 1.79. The molecule has 0 fully saturated rings. The topological polar surface area (TPSA) is 64.6 Å². The molecule has 0 aliphatic rings. The molecule has 1 N–H and O–H groups in total. The van der Waals surface area contributed by atoms with Gasteiger partial charge in [0.1, 0.15) is 11.2 Å². The highest BCUT2D eigenvalue weighted by atomic mass is 79.9. The predicted octanol–water partition coefficient (Wildman–Crippen LogP) is 4.43. The summed E-state index contributed by atoms with van der Waals surface area (Å²) in [5.74, 6) is 0. The van der Waals surface area contributed by atoms with Crippen LogP contribution in [0, 0.1) is 0 Å². The van der Waals surface area contributed by atoms with E-state index in [4.69, 9.17) is 9.47 Å². The molecule has 0 saturated heterocycles. The maximum Gasteiger partial charge on any atom is 0.417 e. The van der Waals surface area contributed by atoms with Crippen molar-refractivity contribution < 1.29 is 19.1 Å². The van der Waals surface area contributed by atoms with Crippen molar-refractivity contribution in [1.29, 1.82) is 0 Å². The van der Waals surface area contributed by atoms with Gasteiger partial charge in [-0.25, -0.2) is 14.9 Å². The summed E-state index contributed by atoms with van der Waals surface area (Å²) in [5.41, 5.74) is -0.393. The lowest BCUT2D eigenvalue weighted by atomic mass is 9.98. The zero-order chi connectivity index (χ0) is 17.0. The molecule has 0 radical (unpaired) electrons. The number of imide groups is 1. The van der Waals surface area contributed by atoms with Gasteiger partial charge in [-0.05, 0) is 52.3 Å². The van der Waals surface area contributed by atoms with Crippen LogP contribution in [-0.2, 0) is 15.9 Å². The second-order valence-corrected chi connectivity index (χ2v) is 7.50. The summed E-state index contributed by atoms with van der Waals surface area (Å²) in [5, 5.41) is 2.06. The van der Waals surface area contributed by atoms with Crippen LogP contribution in [-0.4, -0.2) is 23.4 Å². The SMILES string of the molecule is CC(C)(C)OC(=O)NC(=O)OC(C)(C)Cc1ccc(Br)cc1. The van der Waals surface area contributed by atoms with E-state index in [9.17, 15) is 9.59 Å². The third-order valence-corrected chi connectivity index (χ3v) is 3.04. The molecular weight excluding hydrogens is 350 g/mol. The maximum atomic E-state index is 11.8. The van der Waals surface area contributed by atoms with Gasteiger partial charge in [-0.15, -0.1) is 0 Å². The molecule has 0 heterocycles. The third-order valence-electron chi connectivity index (χ3n) is 2.52. The summed E-state index contributed by atoms with van der Waals surface area (Å²) in [7, 11) is 0. The minimum atomic E-state index is -0.823. The molecule has 0 aliphatic heterocycles. The number of hydrogen-bond donors (Lipinski definition) is 1. The number of ether oxygens (including phenoxy) is 2. The maximum absolute atomic E-state index is 11.8. The molecule has 0 saturated carbocycles. The minimum Gasteiger partial charge on any atom is -0.443 e. The summed E-state index contributed by atoms with van der Waals surface area (Å²) in [6, 6.07) is 7.74. The van der Waals surface area contributed by atoms with Crippen molar-refractivity contribution in [3.8, 4) is 0 Å². The fourth-order valence-corrected chi connectivity index (χ4v) is 2.06. The molecule has 122 valence electrons. The zero-order valence-corrected chi connectivity index (χ0v) is 15.1. The van der Waals surface area contributed by atoms with Crippen LogP contribution in [0.3, 0.4) is 0 Å². The van der Waals surface area contributed by atoms with Gasteiger partial charge in [0, 0.05) is 10.9 Å². The standard InChI is InChI=1S/C16H22BrNO4/c1-15(2,3)21-13(19)18-14(20)22-16(4,5)10-11-6-8-12(17)9-7-11/h6-9H,10H2,1-5H3,(H,18,19,20). The number of halogens is 1. The molecule has 0 aromatic heterocycles. The first-order chi connectivity index (χ1) is 9.97. The molecule has 0 bridgehead atoms. The van der Waals surface area contributed by atoms with Crippen LogP contribution in [0.1, 0.15) is 40.2 Å². The summed E-state index contributed by atoms with van der Waals surface area (Å²) in [4.78, 5) is 23.3. The van der Waals surface area contributed by atoms with Gasteiger partial charge >= 0.3 is 12.2 Å². The second-order valence-electron chi connectivity index (χ2n) is 6.58.